The number of carbonyl (C=O) groups is 1. The lowest BCUT2D eigenvalue weighted by Crippen LogP contribution is -2.43. The van der Waals surface area contributed by atoms with Gasteiger partial charge < -0.3 is 10.8 Å². The number of hydrogen-bond donors (Lipinski definition) is 2. The van der Waals surface area contributed by atoms with Crippen molar-refractivity contribution in [1.29, 1.82) is 0 Å². The number of nitrogens with two attached hydrogens (primary N) is 1. The molecule has 116 valence electrons. The lowest BCUT2D eigenvalue weighted by Gasteiger charge is -2.22. The average molecular weight is 321 g/mol. The van der Waals surface area contributed by atoms with E-state index in [4.69, 9.17) is 5.73 Å². The van der Waals surface area contributed by atoms with Crippen LogP contribution in [0.25, 0.3) is 10.9 Å². The third-order valence-corrected chi connectivity index (χ3v) is 5.69. The molecule has 0 aliphatic carbocycles. The van der Waals surface area contributed by atoms with Gasteiger partial charge in [0.2, 0.25) is 15.9 Å². The molecule has 3 rings (SSSR count). The molecule has 1 fully saturated rings. The number of β-amino-alcohol motifs (C(OH)–C–C–N with tert-alkyl or cyclic N) is 1. The van der Waals surface area contributed by atoms with Crippen molar-refractivity contribution in [3.8, 4) is 0 Å². The number of amides is 1. The van der Waals surface area contributed by atoms with Gasteiger partial charge in [0.1, 0.15) is 6.04 Å². The van der Waals surface area contributed by atoms with Crippen LogP contribution in [0.4, 0.5) is 0 Å². The summed E-state index contributed by atoms with van der Waals surface area (Å²) in [5.74, 6) is -0.765. The van der Waals surface area contributed by atoms with Crippen LogP contribution in [0.2, 0.25) is 0 Å². The first-order valence-electron chi connectivity index (χ1n) is 6.74. The van der Waals surface area contributed by atoms with E-state index < -0.39 is 28.1 Å². The number of nitrogens with zero attached hydrogens (tertiary/aromatic N) is 2. The first-order chi connectivity index (χ1) is 10.4. The van der Waals surface area contributed by atoms with E-state index in [-0.39, 0.29) is 17.9 Å². The lowest BCUT2D eigenvalue weighted by atomic mass is 10.2. The Hall–Kier alpha value is -2.03. The SMILES string of the molecule is NC(=O)[C@H]1C[C@@H](O)CN1S(=O)(=O)c1cccc2ncccc12. The van der Waals surface area contributed by atoms with Crippen molar-refractivity contribution < 1.29 is 18.3 Å². The van der Waals surface area contributed by atoms with Gasteiger partial charge in [-0.05, 0) is 24.3 Å². The van der Waals surface area contributed by atoms with Crippen LogP contribution in [0, 0.1) is 0 Å². The maximum atomic E-state index is 12.9. The molecule has 1 aromatic carbocycles. The van der Waals surface area contributed by atoms with E-state index in [0.717, 1.165) is 4.31 Å². The number of rotatable bonds is 3. The summed E-state index contributed by atoms with van der Waals surface area (Å²) in [5, 5.41) is 10.2. The number of aromatic nitrogens is 1. The van der Waals surface area contributed by atoms with E-state index in [1.54, 1.807) is 30.5 Å². The number of fused-ring (bicyclic) bond motifs is 1. The number of benzene rings is 1. The molecule has 0 radical (unpaired) electrons. The molecule has 0 unspecified atom stereocenters. The van der Waals surface area contributed by atoms with Crippen LogP contribution in [0.15, 0.2) is 41.4 Å². The molecule has 1 aliphatic rings. The Morgan fingerprint density at radius 3 is 2.82 bits per heavy atom. The van der Waals surface area contributed by atoms with E-state index in [1.807, 2.05) is 0 Å². The number of aliphatic hydroxyl groups is 1. The lowest BCUT2D eigenvalue weighted by molar-refractivity contribution is -0.121. The Morgan fingerprint density at radius 1 is 1.32 bits per heavy atom. The maximum absolute atomic E-state index is 12.9. The molecule has 8 heteroatoms. The van der Waals surface area contributed by atoms with Crippen LogP contribution in [-0.2, 0) is 14.8 Å². The Bertz CT molecular complexity index is 832. The molecule has 3 N–H and O–H groups in total. The zero-order valence-electron chi connectivity index (χ0n) is 11.6. The molecule has 1 aromatic heterocycles. The standard InChI is InChI=1S/C14H15N3O4S/c15-14(19)12-7-9(18)8-17(12)22(20,21)13-5-1-4-11-10(13)3-2-6-16-11/h1-6,9,12,18H,7-8H2,(H2,15,19)/t9-,12-/m1/s1. The van der Waals surface area contributed by atoms with Gasteiger partial charge in [-0.15, -0.1) is 0 Å². The van der Waals surface area contributed by atoms with E-state index in [0.29, 0.717) is 10.9 Å². The summed E-state index contributed by atoms with van der Waals surface area (Å²) >= 11 is 0. The van der Waals surface area contributed by atoms with Gasteiger partial charge in [0.05, 0.1) is 16.5 Å². The monoisotopic (exact) mass is 321 g/mol. The fraction of sp³-hybridized carbons (Fsp3) is 0.286. The molecular weight excluding hydrogens is 306 g/mol. The fourth-order valence-corrected chi connectivity index (χ4v) is 4.58. The smallest absolute Gasteiger partial charge is 0.244 e. The second-order valence-electron chi connectivity index (χ2n) is 5.21. The van der Waals surface area contributed by atoms with Gasteiger partial charge in [-0.2, -0.15) is 4.31 Å². The van der Waals surface area contributed by atoms with E-state index in [2.05, 4.69) is 4.98 Å². The molecule has 2 aromatic rings. The second kappa shape index (κ2) is 5.31. The van der Waals surface area contributed by atoms with Gasteiger partial charge in [0.15, 0.2) is 0 Å². The van der Waals surface area contributed by atoms with Crippen molar-refractivity contribution in [2.75, 3.05) is 6.54 Å². The zero-order chi connectivity index (χ0) is 15.9. The molecule has 0 spiro atoms. The predicted octanol–water partition coefficient (Wildman–Crippen LogP) is -0.156. The normalized spacial score (nSPS) is 23.0. The van der Waals surface area contributed by atoms with Gasteiger partial charge in [-0.1, -0.05) is 6.07 Å². The third kappa shape index (κ3) is 2.35. The molecule has 0 saturated carbocycles. The molecule has 7 nitrogen and oxygen atoms in total. The Kier molecular flexibility index (Phi) is 3.59. The Labute approximate surface area is 127 Å². The van der Waals surface area contributed by atoms with Gasteiger partial charge >= 0.3 is 0 Å². The summed E-state index contributed by atoms with van der Waals surface area (Å²) in [6.07, 6.45) is 0.683. The maximum Gasteiger partial charge on any atom is 0.244 e. The minimum atomic E-state index is -3.96. The highest BCUT2D eigenvalue weighted by Gasteiger charge is 2.43. The summed E-state index contributed by atoms with van der Waals surface area (Å²) in [6, 6.07) is 7.02. The minimum Gasteiger partial charge on any atom is -0.392 e. The van der Waals surface area contributed by atoms with Gasteiger partial charge in [0, 0.05) is 24.5 Å². The Morgan fingerprint density at radius 2 is 2.09 bits per heavy atom. The first kappa shape index (κ1) is 14.9. The van der Waals surface area contributed by atoms with Gasteiger partial charge in [-0.25, -0.2) is 8.42 Å². The minimum absolute atomic E-state index is 0.0115. The molecule has 0 bridgehead atoms. The number of pyridine rings is 1. The molecule has 2 heterocycles. The van der Waals surface area contributed by atoms with Gasteiger partial charge in [-0.3, -0.25) is 9.78 Å². The number of primary amides is 1. The molecule has 1 aliphatic heterocycles. The number of carbonyl (C=O) groups excluding carboxylic acids is 1. The fourth-order valence-electron chi connectivity index (χ4n) is 2.73. The first-order valence-corrected chi connectivity index (χ1v) is 8.18. The van der Waals surface area contributed by atoms with Crippen LogP contribution in [-0.4, -0.2) is 47.4 Å². The van der Waals surface area contributed by atoms with Gasteiger partial charge in [0.25, 0.3) is 0 Å². The summed E-state index contributed by atoms with van der Waals surface area (Å²) in [6.45, 7) is -0.146. The summed E-state index contributed by atoms with van der Waals surface area (Å²) in [4.78, 5) is 15.7. The van der Waals surface area contributed by atoms with Crippen LogP contribution in [0.3, 0.4) is 0 Å². The van der Waals surface area contributed by atoms with Crippen molar-refractivity contribution >= 4 is 26.8 Å². The van der Waals surface area contributed by atoms with E-state index in [1.165, 1.54) is 6.07 Å². The zero-order valence-corrected chi connectivity index (χ0v) is 12.4. The largest absolute Gasteiger partial charge is 0.392 e. The van der Waals surface area contributed by atoms with Crippen molar-refractivity contribution in [3.05, 3.63) is 36.5 Å². The van der Waals surface area contributed by atoms with Crippen LogP contribution in [0.1, 0.15) is 6.42 Å². The highest BCUT2D eigenvalue weighted by atomic mass is 32.2. The topological polar surface area (TPSA) is 114 Å². The Balaban J connectivity index is 2.14. The molecular formula is C14H15N3O4S. The molecule has 1 amide bonds. The molecule has 22 heavy (non-hydrogen) atoms. The average Bonchev–Trinajstić information content (AvgIpc) is 2.90. The number of sulfonamides is 1. The highest BCUT2D eigenvalue weighted by Crippen LogP contribution is 2.30. The van der Waals surface area contributed by atoms with Crippen molar-refractivity contribution in [3.63, 3.8) is 0 Å². The van der Waals surface area contributed by atoms with E-state index in [9.17, 15) is 18.3 Å². The highest BCUT2D eigenvalue weighted by molar-refractivity contribution is 7.89. The predicted molar refractivity (Wildman–Crippen MR) is 79.2 cm³/mol. The number of hydrogen-bond acceptors (Lipinski definition) is 5. The summed E-state index contributed by atoms with van der Waals surface area (Å²) in [5.41, 5.74) is 5.81. The van der Waals surface area contributed by atoms with Crippen molar-refractivity contribution in [1.82, 2.24) is 9.29 Å². The third-order valence-electron chi connectivity index (χ3n) is 3.75. The van der Waals surface area contributed by atoms with Crippen molar-refractivity contribution in [2.45, 2.75) is 23.5 Å². The second-order valence-corrected chi connectivity index (χ2v) is 7.07. The van der Waals surface area contributed by atoms with Crippen LogP contribution in [0.5, 0.6) is 0 Å². The van der Waals surface area contributed by atoms with Crippen LogP contribution >= 0.6 is 0 Å². The van der Waals surface area contributed by atoms with Crippen molar-refractivity contribution in [2.24, 2.45) is 5.73 Å². The summed E-state index contributed by atoms with van der Waals surface area (Å²) in [7, 11) is -3.96. The van der Waals surface area contributed by atoms with Crippen LogP contribution < -0.4 is 5.73 Å². The summed E-state index contributed by atoms with van der Waals surface area (Å²) < 4.78 is 26.8. The number of aliphatic hydroxyl groups excluding tert-OH is 1. The molecule has 2 atom stereocenters. The van der Waals surface area contributed by atoms with E-state index >= 15 is 0 Å². The molecule has 1 saturated heterocycles. The quantitative estimate of drug-likeness (QED) is 0.816.